The second-order valence-corrected chi connectivity index (χ2v) is 7.19. The summed E-state index contributed by atoms with van der Waals surface area (Å²) in [6, 6.07) is 15.6. The molecule has 0 heterocycles. The van der Waals surface area contributed by atoms with Gasteiger partial charge in [-0.15, -0.1) is 0 Å². The molecule has 0 amide bonds. The number of aliphatic carboxylic acids is 1. The number of rotatable bonds is 6. The van der Waals surface area contributed by atoms with Gasteiger partial charge in [0.1, 0.15) is 6.61 Å². The predicted octanol–water partition coefficient (Wildman–Crippen LogP) is 2.14. The van der Waals surface area contributed by atoms with Crippen LogP contribution in [0, 0.1) is 5.92 Å². The van der Waals surface area contributed by atoms with Crippen molar-refractivity contribution >= 4 is 11.9 Å². The van der Waals surface area contributed by atoms with E-state index in [-0.39, 0.29) is 12.5 Å². The van der Waals surface area contributed by atoms with E-state index in [1.165, 1.54) is 0 Å². The Morgan fingerprint density at radius 1 is 1.07 bits per heavy atom. The van der Waals surface area contributed by atoms with E-state index in [1.807, 2.05) is 48.5 Å². The molecule has 0 fully saturated rings. The third-order valence-corrected chi connectivity index (χ3v) is 5.13. The van der Waals surface area contributed by atoms with E-state index in [9.17, 15) is 19.8 Å². The molecule has 2 aromatic carbocycles. The third-order valence-electron chi connectivity index (χ3n) is 5.13. The number of carboxylic acid groups (broad SMARTS) is 1. The summed E-state index contributed by atoms with van der Waals surface area (Å²) < 4.78 is 5.33. The predicted molar refractivity (Wildman–Crippen MR) is 100 cm³/mol. The number of fused-ring (bicyclic) bond motifs is 3. The molecular formula is C21H23NO5. The number of hydrogen-bond acceptors (Lipinski definition) is 5. The maximum absolute atomic E-state index is 12.5. The molecule has 4 N–H and O–H groups in total. The normalized spacial score (nSPS) is 16.3. The zero-order valence-corrected chi connectivity index (χ0v) is 15.3. The van der Waals surface area contributed by atoms with Crippen molar-refractivity contribution in [3.05, 3.63) is 59.7 Å². The van der Waals surface area contributed by atoms with E-state index in [1.54, 1.807) is 13.8 Å². The van der Waals surface area contributed by atoms with Crippen LogP contribution in [0.25, 0.3) is 11.1 Å². The summed E-state index contributed by atoms with van der Waals surface area (Å²) in [4.78, 5) is 24.2. The molecule has 142 valence electrons. The lowest BCUT2D eigenvalue weighted by Crippen LogP contribution is -2.65. The zero-order valence-electron chi connectivity index (χ0n) is 15.3. The van der Waals surface area contributed by atoms with Gasteiger partial charge in [0.05, 0.1) is 6.10 Å². The molecule has 0 radical (unpaired) electrons. The number of benzene rings is 2. The Morgan fingerprint density at radius 3 is 2.00 bits per heavy atom. The van der Waals surface area contributed by atoms with Crippen LogP contribution in [0.2, 0.25) is 0 Å². The smallest absolute Gasteiger partial charge is 0.340 e. The summed E-state index contributed by atoms with van der Waals surface area (Å²) in [6.45, 7) is 3.13. The van der Waals surface area contributed by atoms with Crippen LogP contribution in [-0.2, 0) is 14.3 Å². The third kappa shape index (κ3) is 3.11. The monoisotopic (exact) mass is 369 g/mol. The quantitative estimate of drug-likeness (QED) is 0.532. The largest absolute Gasteiger partial charge is 0.479 e. The molecule has 27 heavy (non-hydrogen) atoms. The number of aliphatic hydroxyl groups excluding tert-OH is 1. The van der Waals surface area contributed by atoms with Crippen molar-refractivity contribution in [2.75, 3.05) is 6.61 Å². The van der Waals surface area contributed by atoms with Crippen LogP contribution in [0.15, 0.2) is 48.5 Å². The number of aliphatic hydroxyl groups is 1. The topological polar surface area (TPSA) is 110 Å². The molecule has 0 spiro atoms. The second-order valence-electron chi connectivity index (χ2n) is 7.19. The van der Waals surface area contributed by atoms with Crippen molar-refractivity contribution in [2.24, 2.45) is 11.7 Å². The highest BCUT2D eigenvalue weighted by molar-refractivity contribution is 6.04. The number of carbonyl (C=O) groups excluding carboxylic acids is 1. The summed E-state index contributed by atoms with van der Waals surface area (Å²) in [6.07, 6.45) is -1.56. The number of hydrogen-bond donors (Lipinski definition) is 3. The summed E-state index contributed by atoms with van der Waals surface area (Å²) in [7, 11) is 0. The number of carboxylic acids is 1. The maximum atomic E-state index is 12.5. The van der Waals surface area contributed by atoms with Gasteiger partial charge in [-0.05, 0) is 28.2 Å². The van der Waals surface area contributed by atoms with Crippen LogP contribution >= 0.6 is 0 Å². The first-order chi connectivity index (χ1) is 12.8. The van der Waals surface area contributed by atoms with Crippen LogP contribution < -0.4 is 5.73 Å². The fraction of sp³-hybridized carbons (Fsp3) is 0.333. The maximum Gasteiger partial charge on any atom is 0.340 e. The van der Waals surface area contributed by atoms with Crippen molar-refractivity contribution < 1.29 is 24.5 Å². The van der Waals surface area contributed by atoms with E-state index in [4.69, 9.17) is 10.5 Å². The highest BCUT2D eigenvalue weighted by Gasteiger charge is 2.52. The van der Waals surface area contributed by atoms with Crippen molar-refractivity contribution in [2.45, 2.75) is 31.4 Å². The fourth-order valence-electron chi connectivity index (χ4n) is 3.58. The number of esters is 1. The van der Waals surface area contributed by atoms with Gasteiger partial charge in [-0.25, -0.2) is 9.59 Å². The van der Waals surface area contributed by atoms with Crippen LogP contribution in [0.1, 0.15) is 30.9 Å². The van der Waals surface area contributed by atoms with Crippen LogP contribution in [-0.4, -0.2) is 40.4 Å². The second kappa shape index (κ2) is 7.13. The Bertz CT molecular complexity index is 833. The molecule has 1 aliphatic carbocycles. The summed E-state index contributed by atoms with van der Waals surface area (Å²) in [5, 5.41) is 19.6. The molecule has 0 aromatic heterocycles. The van der Waals surface area contributed by atoms with E-state index >= 15 is 0 Å². The Labute approximate surface area is 157 Å². The first-order valence-electron chi connectivity index (χ1n) is 8.84. The van der Waals surface area contributed by atoms with Gasteiger partial charge in [-0.2, -0.15) is 0 Å². The lowest BCUT2D eigenvalue weighted by molar-refractivity contribution is -0.169. The van der Waals surface area contributed by atoms with Gasteiger partial charge >= 0.3 is 11.9 Å². The Kier molecular flexibility index (Phi) is 5.04. The van der Waals surface area contributed by atoms with Gasteiger partial charge in [-0.1, -0.05) is 62.4 Å². The lowest BCUT2D eigenvalue weighted by atomic mass is 9.86. The molecule has 2 aromatic rings. The first-order valence-corrected chi connectivity index (χ1v) is 8.84. The van der Waals surface area contributed by atoms with Gasteiger partial charge in [0.25, 0.3) is 0 Å². The molecule has 0 bridgehead atoms. The average molecular weight is 369 g/mol. The number of nitrogens with two attached hydrogens (primary N) is 1. The SMILES string of the molecule is CC(C)C(O)C(N)(C(=O)O)C(=O)OCC1c2ccccc2-c2ccccc21. The minimum absolute atomic E-state index is 0.0517. The number of carbonyl (C=O) groups is 2. The fourth-order valence-corrected chi connectivity index (χ4v) is 3.58. The molecule has 6 nitrogen and oxygen atoms in total. The molecule has 6 heteroatoms. The van der Waals surface area contributed by atoms with Gasteiger partial charge in [0.15, 0.2) is 0 Å². The summed E-state index contributed by atoms with van der Waals surface area (Å²) in [5.74, 6) is -3.49. The first kappa shape index (κ1) is 19.1. The van der Waals surface area contributed by atoms with Crippen molar-refractivity contribution in [1.29, 1.82) is 0 Å². The lowest BCUT2D eigenvalue weighted by Gasteiger charge is -2.30. The van der Waals surface area contributed by atoms with Crippen molar-refractivity contribution in [1.82, 2.24) is 0 Å². The van der Waals surface area contributed by atoms with Crippen LogP contribution in [0.4, 0.5) is 0 Å². The average Bonchev–Trinajstić information content (AvgIpc) is 2.98. The minimum Gasteiger partial charge on any atom is -0.479 e. The molecule has 2 atom stereocenters. The van der Waals surface area contributed by atoms with Crippen LogP contribution in [0.3, 0.4) is 0 Å². The molecule has 0 saturated heterocycles. The highest BCUT2D eigenvalue weighted by atomic mass is 16.5. The van der Waals surface area contributed by atoms with Crippen LogP contribution in [0.5, 0.6) is 0 Å². The molecule has 0 saturated carbocycles. The molecule has 3 rings (SSSR count). The molecule has 1 aliphatic rings. The van der Waals surface area contributed by atoms with E-state index in [0.717, 1.165) is 22.3 Å². The Balaban J connectivity index is 1.86. The van der Waals surface area contributed by atoms with Crippen molar-refractivity contribution in [3.63, 3.8) is 0 Å². The standard InChI is InChI=1S/C21H23NO5/c1-12(2)18(23)21(22,19(24)25)20(26)27-11-17-15-9-5-3-7-13(15)14-8-4-6-10-16(14)17/h3-10,12,17-18,23H,11,22H2,1-2H3,(H,24,25). The highest BCUT2D eigenvalue weighted by Crippen LogP contribution is 2.44. The summed E-state index contributed by atoms with van der Waals surface area (Å²) >= 11 is 0. The van der Waals surface area contributed by atoms with E-state index in [0.29, 0.717) is 0 Å². The van der Waals surface area contributed by atoms with E-state index < -0.39 is 29.5 Å². The number of ether oxygens (including phenoxy) is 1. The zero-order chi connectivity index (χ0) is 19.8. The minimum atomic E-state index is -2.51. The van der Waals surface area contributed by atoms with E-state index in [2.05, 4.69) is 0 Å². The Morgan fingerprint density at radius 2 is 1.56 bits per heavy atom. The molecule has 0 aliphatic heterocycles. The Hall–Kier alpha value is -2.70. The molecule has 2 unspecified atom stereocenters. The molecular weight excluding hydrogens is 346 g/mol. The summed E-state index contributed by atoms with van der Waals surface area (Å²) in [5.41, 5.74) is 7.41. The van der Waals surface area contributed by atoms with Gasteiger partial charge in [0.2, 0.25) is 5.54 Å². The van der Waals surface area contributed by atoms with Gasteiger partial charge < -0.3 is 20.7 Å². The van der Waals surface area contributed by atoms with Gasteiger partial charge in [-0.3, -0.25) is 0 Å². The van der Waals surface area contributed by atoms with Gasteiger partial charge in [0, 0.05) is 5.92 Å². The van der Waals surface area contributed by atoms with Crippen molar-refractivity contribution in [3.8, 4) is 11.1 Å².